The fourth-order valence-electron chi connectivity index (χ4n) is 2.01. The summed E-state index contributed by atoms with van der Waals surface area (Å²) in [6.07, 6.45) is 0. The van der Waals surface area contributed by atoms with Gasteiger partial charge in [-0.3, -0.25) is 20.4 Å². The molecule has 3 aromatic rings. The third kappa shape index (κ3) is 3.89. The Kier molecular flexibility index (Phi) is 5.16. The van der Waals surface area contributed by atoms with Gasteiger partial charge in [0.25, 0.3) is 5.91 Å². The molecular weight excluding hydrogens is 430 g/mol. The Morgan fingerprint density at radius 2 is 1.88 bits per heavy atom. The van der Waals surface area contributed by atoms with E-state index in [4.69, 9.17) is 11.6 Å². The normalized spacial score (nSPS) is 10.5. The fourth-order valence-corrected chi connectivity index (χ4v) is 3.50. The Labute approximate surface area is 160 Å². The van der Waals surface area contributed by atoms with Gasteiger partial charge in [-0.1, -0.05) is 23.7 Å². The number of halogens is 2. The number of hydrogen-bond donors (Lipinski definition) is 2. The number of carbonyl (C=O) groups is 2. The lowest BCUT2D eigenvalue weighted by Crippen LogP contribution is -2.41. The van der Waals surface area contributed by atoms with Crippen LogP contribution < -0.4 is 10.9 Å². The number of aromatic nitrogens is 3. The van der Waals surface area contributed by atoms with Crippen molar-refractivity contribution < 1.29 is 9.59 Å². The van der Waals surface area contributed by atoms with Gasteiger partial charge < -0.3 is 0 Å². The molecule has 2 N–H and O–H groups in total. The minimum Gasteiger partial charge on any atom is -0.266 e. The van der Waals surface area contributed by atoms with E-state index in [0.717, 1.165) is 3.79 Å². The summed E-state index contributed by atoms with van der Waals surface area (Å²) in [6.45, 7) is 1.70. The molecule has 0 aliphatic rings. The van der Waals surface area contributed by atoms with Crippen LogP contribution in [-0.4, -0.2) is 26.6 Å². The topological polar surface area (TPSA) is 88.9 Å². The van der Waals surface area contributed by atoms with Gasteiger partial charge in [-0.25, -0.2) is 9.67 Å². The van der Waals surface area contributed by atoms with Crippen LogP contribution in [-0.2, 0) is 0 Å². The molecule has 2 heterocycles. The number of nitrogens with zero attached hydrogens (tertiary/aromatic N) is 3. The Morgan fingerprint density at radius 3 is 2.56 bits per heavy atom. The molecule has 0 aliphatic heterocycles. The first-order valence-corrected chi connectivity index (χ1v) is 8.99. The molecule has 10 heteroatoms. The number of benzene rings is 1. The van der Waals surface area contributed by atoms with Crippen molar-refractivity contribution in [3.8, 4) is 5.69 Å². The quantitative estimate of drug-likeness (QED) is 0.612. The van der Waals surface area contributed by atoms with Gasteiger partial charge in [0.05, 0.1) is 19.4 Å². The minimum absolute atomic E-state index is 0.0786. The average Bonchev–Trinajstić information content (AvgIpc) is 3.19. The highest BCUT2D eigenvalue weighted by Gasteiger charge is 2.17. The Morgan fingerprint density at radius 1 is 1.16 bits per heavy atom. The van der Waals surface area contributed by atoms with E-state index in [-0.39, 0.29) is 5.82 Å². The molecule has 7 nitrogen and oxygen atoms in total. The smallest absolute Gasteiger partial charge is 0.266 e. The van der Waals surface area contributed by atoms with Crippen LogP contribution in [0.4, 0.5) is 0 Å². The Balaban J connectivity index is 1.72. The summed E-state index contributed by atoms with van der Waals surface area (Å²) >= 11 is 10.7. The molecule has 128 valence electrons. The molecule has 0 radical (unpaired) electrons. The minimum atomic E-state index is -0.627. The molecule has 2 aromatic heterocycles. The molecule has 0 atom stereocenters. The predicted molar refractivity (Wildman–Crippen MR) is 98.1 cm³/mol. The van der Waals surface area contributed by atoms with E-state index in [9.17, 15) is 9.59 Å². The van der Waals surface area contributed by atoms with Crippen molar-refractivity contribution in [2.24, 2.45) is 0 Å². The van der Waals surface area contributed by atoms with Gasteiger partial charge in [-0.2, -0.15) is 0 Å². The van der Waals surface area contributed by atoms with E-state index in [0.29, 0.717) is 21.4 Å². The standard InChI is InChI=1S/C15H11BrClN5O2S/c1-8-18-13(21-22(8)10-5-3-2-4-9(10)17)15(24)20-19-14(23)11-6-7-12(16)25-11/h2-7H,1H3,(H,19,23)(H,20,24). The number of hydrazine groups is 1. The summed E-state index contributed by atoms with van der Waals surface area (Å²) in [5, 5.41) is 4.63. The van der Waals surface area contributed by atoms with Crippen LogP contribution >= 0.6 is 38.9 Å². The monoisotopic (exact) mass is 439 g/mol. The zero-order chi connectivity index (χ0) is 18.0. The maximum Gasteiger partial charge on any atom is 0.309 e. The highest BCUT2D eigenvalue weighted by molar-refractivity contribution is 9.11. The summed E-state index contributed by atoms with van der Waals surface area (Å²) in [7, 11) is 0. The number of hydrogen-bond acceptors (Lipinski definition) is 5. The van der Waals surface area contributed by atoms with Crippen LogP contribution in [0.25, 0.3) is 5.69 Å². The number of carbonyl (C=O) groups excluding carboxylic acids is 2. The predicted octanol–water partition coefficient (Wildman–Crippen LogP) is 3.13. The zero-order valence-corrected chi connectivity index (χ0v) is 15.9. The molecule has 0 fully saturated rings. The number of nitrogens with one attached hydrogen (secondary N) is 2. The van der Waals surface area contributed by atoms with E-state index in [2.05, 4.69) is 36.9 Å². The molecule has 0 bridgehead atoms. The van der Waals surface area contributed by atoms with Crippen molar-refractivity contribution >= 4 is 50.7 Å². The van der Waals surface area contributed by atoms with Crippen molar-refractivity contribution in [1.29, 1.82) is 0 Å². The second-order valence-corrected chi connectivity index (χ2v) is 7.73. The number of para-hydroxylation sites is 1. The molecule has 0 saturated carbocycles. The Bertz CT molecular complexity index is 955. The van der Waals surface area contributed by atoms with Crippen LogP contribution in [0, 0.1) is 6.92 Å². The number of amides is 2. The number of rotatable bonds is 3. The van der Waals surface area contributed by atoms with Crippen molar-refractivity contribution in [2.75, 3.05) is 0 Å². The highest BCUT2D eigenvalue weighted by atomic mass is 79.9. The van der Waals surface area contributed by atoms with Crippen LogP contribution in [0.3, 0.4) is 0 Å². The summed E-state index contributed by atoms with van der Waals surface area (Å²) in [5.74, 6) is -0.638. The average molecular weight is 441 g/mol. The lowest BCUT2D eigenvalue weighted by molar-refractivity contribution is 0.0843. The molecule has 0 aliphatic carbocycles. The summed E-state index contributed by atoms with van der Waals surface area (Å²) in [4.78, 5) is 28.7. The zero-order valence-electron chi connectivity index (χ0n) is 12.8. The van der Waals surface area contributed by atoms with E-state index < -0.39 is 11.8 Å². The number of thiophene rings is 1. The van der Waals surface area contributed by atoms with Gasteiger partial charge in [-0.15, -0.1) is 16.4 Å². The Hall–Kier alpha value is -2.23. The van der Waals surface area contributed by atoms with Gasteiger partial charge in [0.2, 0.25) is 5.82 Å². The molecule has 0 spiro atoms. The molecule has 0 saturated heterocycles. The molecule has 0 unspecified atom stereocenters. The maximum atomic E-state index is 12.2. The van der Waals surface area contributed by atoms with Gasteiger partial charge in [0, 0.05) is 0 Å². The third-order valence-corrected chi connectivity index (χ3v) is 5.08. The second kappa shape index (κ2) is 7.34. The van der Waals surface area contributed by atoms with Crippen LogP contribution in [0.1, 0.15) is 26.1 Å². The maximum absolute atomic E-state index is 12.2. The molecule has 2 amide bonds. The van der Waals surface area contributed by atoms with E-state index in [1.54, 1.807) is 37.3 Å². The van der Waals surface area contributed by atoms with Crippen LogP contribution in [0.5, 0.6) is 0 Å². The summed E-state index contributed by atoms with van der Waals surface area (Å²) in [5.41, 5.74) is 5.23. The molecule has 25 heavy (non-hydrogen) atoms. The van der Waals surface area contributed by atoms with Crippen molar-refractivity contribution in [3.63, 3.8) is 0 Å². The lowest BCUT2D eigenvalue weighted by atomic mass is 10.3. The van der Waals surface area contributed by atoms with Gasteiger partial charge in [-0.05, 0) is 47.1 Å². The SMILES string of the molecule is Cc1nc(C(=O)NNC(=O)c2ccc(Br)s2)nn1-c1ccccc1Cl. The fraction of sp³-hybridized carbons (Fsp3) is 0.0667. The van der Waals surface area contributed by atoms with Gasteiger partial charge in [0.15, 0.2) is 0 Å². The van der Waals surface area contributed by atoms with Crippen molar-refractivity contribution in [2.45, 2.75) is 6.92 Å². The van der Waals surface area contributed by atoms with E-state index in [1.165, 1.54) is 16.0 Å². The van der Waals surface area contributed by atoms with E-state index >= 15 is 0 Å². The molecule has 3 rings (SSSR count). The van der Waals surface area contributed by atoms with Gasteiger partial charge in [0.1, 0.15) is 5.82 Å². The van der Waals surface area contributed by atoms with Crippen molar-refractivity contribution in [1.82, 2.24) is 25.6 Å². The number of aryl methyl sites for hydroxylation is 1. The summed E-state index contributed by atoms with van der Waals surface area (Å²) < 4.78 is 2.29. The molecule has 1 aromatic carbocycles. The lowest BCUT2D eigenvalue weighted by Gasteiger charge is -2.05. The largest absolute Gasteiger partial charge is 0.309 e. The van der Waals surface area contributed by atoms with Crippen molar-refractivity contribution in [3.05, 3.63) is 61.7 Å². The first-order chi connectivity index (χ1) is 12.0. The summed E-state index contributed by atoms with van der Waals surface area (Å²) in [6, 6.07) is 10.5. The van der Waals surface area contributed by atoms with Crippen LogP contribution in [0.15, 0.2) is 40.2 Å². The molecular formula is C15H11BrClN5O2S. The first-order valence-electron chi connectivity index (χ1n) is 7.00. The third-order valence-electron chi connectivity index (χ3n) is 3.14. The van der Waals surface area contributed by atoms with E-state index in [1.807, 2.05) is 6.07 Å². The van der Waals surface area contributed by atoms with Gasteiger partial charge >= 0.3 is 5.91 Å². The highest BCUT2D eigenvalue weighted by Crippen LogP contribution is 2.22. The first kappa shape index (κ1) is 17.6. The second-order valence-electron chi connectivity index (χ2n) is 4.86. The van der Waals surface area contributed by atoms with Crippen LogP contribution in [0.2, 0.25) is 5.02 Å².